The van der Waals surface area contributed by atoms with Crippen molar-refractivity contribution in [1.29, 1.82) is 0 Å². The summed E-state index contributed by atoms with van der Waals surface area (Å²) in [5.74, 6) is 1.10. The number of hydrogen-bond acceptors (Lipinski definition) is 4. The molecule has 1 fully saturated rings. The lowest BCUT2D eigenvalue weighted by atomic mass is 10.2. The molecule has 0 spiro atoms. The molecule has 94 valence electrons. The first kappa shape index (κ1) is 12.3. The van der Waals surface area contributed by atoms with Gasteiger partial charge >= 0.3 is 0 Å². The topological polar surface area (TPSA) is 45.4 Å². The van der Waals surface area contributed by atoms with Crippen LogP contribution in [-0.2, 0) is 6.42 Å². The first-order chi connectivity index (χ1) is 8.29. The van der Waals surface area contributed by atoms with E-state index >= 15 is 0 Å². The van der Waals surface area contributed by atoms with Gasteiger partial charge in [0.05, 0.1) is 0 Å². The third-order valence-corrected chi connectivity index (χ3v) is 3.29. The Kier molecular flexibility index (Phi) is 4.34. The number of nitrogens with zero attached hydrogens (tertiary/aromatic N) is 3. The molecule has 1 aromatic heterocycles. The summed E-state index contributed by atoms with van der Waals surface area (Å²) in [4.78, 5) is 9.29. The Bertz CT molecular complexity index is 336. The van der Waals surface area contributed by atoms with Crippen LogP contribution in [0.15, 0.2) is 18.3 Å². The minimum atomic E-state index is 0.690. The van der Waals surface area contributed by atoms with Gasteiger partial charge in [-0.15, -0.1) is 0 Å². The predicted molar refractivity (Wildman–Crippen MR) is 71.3 cm³/mol. The maximum Gasteiger partial charge on any atom is 0.128 e. The van der Waals surface area contributed by atoms with Gasteiger partial charge in [-0.3, -0.25) is 0 Å². The number of hydrogen-bond donors (Lipinski definition) is 1. The highest BCUT2D eigenvalue weighted by molar-refractivity contribution is 5.39. The van der Waals surface area contributed by atoms with Crippen molar-refractivity contribution < 1.29 is 0 Å². The highest BCUT2D eigenvalue weighted by atomic mass is 15.2. The van der Waals surface area contributed by atoms with Gasteiger partial charge in [-0.2, -0.15) is 0 Å². The first-order valence-electron chi connectivity index (χ1n) is 6.38. The zero-order valence-corrected chi connectivity index (χ0v) is 10.6. The van der Waals surface area contributed by atoms with Crippen LogP contribution in [0.4, 0.5) is 5.82 Å². The van der Waals surface area contributed by atoms with Crippen LogP contribution in [0, 0.1) is 0 Å². The highest BCUT2D eigenvalue weighted by Gasteiger charge is 2.13. The molecule has 0 radical (unpaired) electrons. The van der Waals surface area contributed by atoms with E-state index in [1.165, 1.54) is 18.5 Å². The lowest BCUT2D eigenvalue weighted by Crippen LogP contribution is -2.29. The summed E-state index contributed by atoms with van der Waals surface area (Å²) in [5, 5.41) is 0. The van der Waals surface area contributed by atoms with Gasteiger partial charge in [0.2, 0.25) is 0 Å². The van der Waals surface area contributed by atoms with Crippen LogP contribution in [0.1, 0.15) is 12.0 Å². The summed E-state index contributed by atoms with van der Waals surface area (Å²) in [6.45, 7) is 5.16. The van der Waals surface area contributed by atoms with E-state index in [1.54, 1.807) is 0 Å². The Morgan fingerprint density at radius 2 is 2.12 bits per heavy atom. The zero-order valence-electron chi connectivity index (χ0n) is 10.6. The minimum Gasteiger partial charge on any atom is -0.355 e. The van der Waals surface area contributed by atoms with Gasteiger partial charge in [0.15, 0.2) is 0 Å². The molecule has 0 aromatic carbocycles. The van der Waals surface area contributed by atoms with Crippen molar-refractivity contribution in [2.45, 2.75) is 12.8 Å². The van der Waals surface area contributed by atoms with Crippen LogP contribution in [0.3, 0.4) is 0 Å². The molecule has 0 amide bonds. The predicted octanol–water partition coefficient (Wildman–Crippen LogP) is 0.725. The molecule has 1 saturated heterocycles. The smallest absolute Gasteiger partial charge is 0.128 e. The van der Waals surface area contributed by atoms with Crippen molar-refractivity contribution in [2.24, 2.45) is 5.73 Å². The number of rotatable bonds is 3. The molecule has 2 rings (SSSR count). The molecule has 0 unspecified atom stereocenters. The van der Waals surface area contributed by atoms with E-state index in [9.17, 15) is 0 Å². The summed E-state index contributed by atoms with van der Waals surface area (Å²) >= 11 is 0. The molecule has 0 saturated carbocycles. The maximum absolute atomic E-state index is 5.53. The molecular formula is C13H22N4. The Morgan fingerprint density at radius 3 is 2.82 bits per heavy atom. The van der Waals surface area contributed by atoms with Gasteiger partial charge in [-0.05, 0) is 44.6 Å². The zero-order chi connectivity index (χ0) is 12.1. The Hall–Kier alpha value is -1.13. The molecule has 2 heterocycles. The first-order valence-corrected chi connectivity index (χ1v) is 6.38. The quantitative estimate of drug-likeness (QED) is 0.837. The summed E-state index contributed by atoms with van der Waals surface area (Å²) in [6, 6.07) is 4.26. The number of likely N-dealkylation sites (N-methyl/N-ethyl adjacent to an activating group) is 1. The van der Waals surface area contributed by atoms with Crippen molar-refractivity contribution >= 4 is 5.82 Å². The Balaban J connectivity index is 2.00. The van der Waals surface area contributed by atoms with Crippen molar-refractivity contribution in [2.75, 3.05) is 44.7 Å². The normalized spacial score (nSPS) is 18.1. The lowest BCUT2D eigenvalue weighted by molar-refractivity contribution is 0.360. The third kappa shape index (κ3) is 3.41. The molecule has 2 N–H and O–H groups in total. The number of pyridine rings is 1. The summed E-state index contributed by atoms with van der Waals surface area (Å²) < 4.78 is 0. The van der Waals surface area contributed by atoms with Crippen LogP contribution in [0.25, 0.3) is 0 Å². The van der Waals surface area contributed by atoms with Gasteiger partial charge in [0.1, 0.15) is 5.82 Å². The van der Waals surface area contributed by atoms with E-state index in [4.69, 9.17) is 5.73 Å². The lowest BCUT2D eigenvalue weighted by Gasteiger charge is -2.21. The molecular weight excluding hydrogens is 212 g/mol. The molecule has 0 aliphatic carbocycles. The minimum absolute atomic E-state index is 0.690. The van der Waals surface area contributed by atoms with Crippen molar-refractivity contribution in [1.82, 2.24) is 9.88 Å². The number of anilines is 1. The van der Waals surface area contributed by atoms with Crippen molar-refractivity contribution in [3.63, 3.8) is 0 Å². The van der Waals surface area contributed by atoms with Crippen molar-refractivity contribution in [3.05, 3.63) is 23.9 Å². The highest BCUT2D eigenvalue weighted by Crippen LogP contribution is 2.13. The second-order valence-electron chi connectivity index (χ2n) is 4.71. The molecule has 17 heavy (non-hydrogen) atoms. The van der Waals surface area contributed by atoms with E-state index < -0.39 is 0 Å². The summed E-state index contributed by atoms with van der Waals surface area (Å²) in [5.41, 5.74) is 6.76. The van der Waals surface area contributed by atoms with Gasteiger partial charge in [0, 0.05) is 25.8 Å². The fourth-order valence-corrected chi connectivity index (χ4v) is 2.19. The average molecular weight is 234 g/mol. The van der Waals surface area contributed by atoms with E-state index in [0.717, 1.165) is 31.9 Å². The largest absolute Gasteiger partial charge is 0.355 e. The average Bonchev–Trinajstić information content (AvgIpc) is 2.56. The van der Waals surface area contributed by atoms with Crippen LogP contribution in [-0.4, -0.2) is 49.7 Å². The standard InChI is InChI=1S/C13H22N4/c1-16-7-2-8-17(10-9-16)13-4-3-12(5-6-14)11-15-13/h3-4,11H,2,5-10,14H2,1H3. The number of nitrogens with two attached hydrogens (primary N) is 1. The van der Waals surface area contributed by atoms with E-state index in [1.807, 2.05) is 6.20 Å². The monoisotopic (exact) mass is 234 g/mol. The molecule has 0 atom stereocenters. The molecule has 1 aromatic rings. The van der Waals surface area contributed by atoms with Gasteiger partial charge in [-0.25, -0.2) is 4.98 Å². The van der Waals surface area contributed by atoms with E-state index in [-0.39, 0.29) is 0 Å². The second-order valence-corrected chi connectivity index (χ2v) is 4.71. The molecule has 1 aliphatic rings. The second kappa shape index (κ2) is 5.98. The Morgan fingerprint density at radius 1 is 1.24 bits per heavy atom. The van der Waals surface area contributed by atoms with Crippen LogP contribution < -0.4 is 10.6 Å². The number of aromatic nitrogens is 1. The summed E-state index contributed by atoms with van der Waals surface area (Å²) in [7, 11) is 2.18. The Labute approximate surface area is 103 Å². The van der Waals surface area contributed by atoms with Crippen LogP contribution in [0.5, 0.6) is 0 Å². The van der Waals surface area contributed by atoms with Gasteiger partial charge in [0.25, 0.3) is 0 Å². The molecule has 1 aliphatic heterocycles. The fraction of sp³-hybridized carbons (Fsp3) is 0.615. The van der Waals surface area contributed by atoms with Gasteiger partial charge in [-0.1, -0.05) is 6.07 Å². The third-order valence-electron chi connectivity index (χ3n) is 3.29. The van der Waals surface area contributed by atoms with Crippen molar-refractivity contribution in [3.8, 4) is 0 Å². The molecule has 4 nitrogen and oxygen atoms in total. The maximum atomic E-state index is 5.53. The van der Waals surface area contributed by atoms with Gasteiger partial charge < -0.3 is 15.5 Å². The van der Waals surface area contributed by atoms with E-state index in [0.29, 0.717) is 6.54 Å². The van der Waals surface area contributed by atoms with Crippen LogP contribution in [0.2, 0.25) is 0 Å². The van der Waals surface area contributed by atoms with Crippen LogP contribution >= 0.6 is 0 Å². The SMILES string of the molecule is CN1CCCN(c2ccc(CCN)cn2)CC1. The summed E-state index contributed by atoms with van der Waals surface area (Å²) in [6.07, 6.45) is 4.08. The van der Waals surface area contributed by atoms with E-state index in [2.05, 4.69) is 34.0 Å². The molecule has 4 heteroatoms. The molecule has 0 bridgehead atoms. The fourth-order valence-electron chi connectivity index (χ4n) is 2.19.